The van der Waals surface area contributed by atoms with Crippen LogP contribution in [0.5, 0.6) is 0 Å². The van der Waals surface area contributed by atoms with E-state index in [-0.39, 0.29) is 11.4 Å². The van der Waals surface area contributed by atoms with Crippen LogP contribution in [-0.4, -0.2) is 55.7 Å². The summed E-state index contributed by atoms with van der Waals surface area (Å²) < 4.78 is 33.0. The number of thiophene rings is 1. The fraction of sp³-hybridized carbons (Fsp3) is 0.357. The van der Waals surface area contributed by atoms with Crippen LogP contribution in [0, 0.1) is 6.92 Å². The number of ether oxygens (including phenoxy) is 1. The number of hydrogen-bond acceptors (Lipinski definition) is 7. The lowest BCUT2D eigenvalue weighted by molar-refractivity contribution is -0.119. The van der Waals surface area contributed by atoms with E-state index in [9.17, 15) is 18.0 Å². The Hall–Kier alpha value is -3.05. The average Bonchev–Trinajstić information content (AvgIpc) is 3.54. The largest absolute Gasteiger partial charge is 0.465 e. The van der Waals surface area contributed by atoms with Gasteiger partial charge in [-0.25, -0.2) is 13.2 Å². The molecule has 1 atom stereocenters. The second kappa shape index (κ2) is 11.0. The zero-order valence-corrected chi connectivity index (χ0v) is 23.1. The summed E-state index contributed by atoms with van der Waals surface area (Å²) in [5.41, 5.74) is 3.45. The van der Waals surface area contributed by atoms with Crippen LogP contribution >= 0.6 is 11.3 Å². The third-order valence-electron chi connectivity index (χ3n) is 7.15. The summed E-state index contributed by atoms with van der Waals surface area (Å²) in [5, 5.41) is 3.33. The molecule has 1 aromatic heterocycles. The van der Waals surface area contributed by atoms with Crippen molar-refractivity contribution in [1.82, 2.24) is 9.21 Å². The van der Waals surface area contributed by atoms with Gasteiger partial charge in [-0.2, -0.15) is 4.31 Å². The maximum Gasteiger partial charge on any atom is 0.341 e. The van der Waals surface area contributed by atoms with E-state index in [0.29, 0.717) is 36.4 Å². The van der Waals surface area contributed by atoms with E-state index in [2.05, 4.69) is 22.3 Å². The lowest BCUT2D eigenvalue weighted by Gasteiger charge is -2.27. The number of nitrogens with one attached hydrogen (secondary N) is 1. The molecule has 0 radical (unpaired) electrons. The Morgan fingerprint density at radius 1 is 1.08 bits per heavy atom. The van der Waals surface area contributed by atoms with E-state index in [0.717, 1.165) is 29.1 Å². The van der Waals surface area contributed by atoms with E-state index in [4.69, 9.17) is 4.74 Å². The van der Waals surface area contributed by atoms with Crippen molar-refractivity contribution in [2.75, 3.05) is 25.5 Å². The Bertz CT molecular complexity index is 1440. The van der Waals surface area contributed by atoms with Gasteiger partial charge in [0.1, 0.15) is 11.0 Å². The maximum atomic E-state index is 13.5. The Kier molecular flexibility index (Phi) is 7.67. The molecular formula is C28H31N3O5S2. The first-order valence-electron chi connectivity index (χ1n) is 12.7. The van der Waals surface area contributed by atoms with Crippen LogP contribution in [0.3, 0.4) is 0 Å². The summed E-state index contributed by atoms with van der Waals surface area (Å²) in [6.45, 7) is 4.39. The number of methoxy groups -OCH3 is 1. The van der Waals surface area contributed by atoms with Gasteiger partial charge in [0, 0.05) is 31.1 Å². The Labute approximate surface area is 227 Å². The number of sulfonamides is 1. The van der Waals surface area contributed by atoms with Gasteiger partial charge in [0.05, 0.1) is 17.6 Å². The SMILES string of the molecule is COC(=O)c1c(NC(=O)C2CCCN2S(=O)(=O)c2ccc(C)cc2)sc2c1CCN(Cc1ccccc1)C2. The zero-order chi connectivity index (χ0) is 26.9. The van der Waals surface area contributed by atoms with E-state index in [1.165, 1.54) is 28.3 Å². The lowest BCUT2D eigenvalue weighted by atomic mass is 10.0. The Morgan fingerprint density at radius 2 is 1.82 bits per heavy atom. The number of nitrogens with zero attached hydrogens (tertiary/aromatic N) is 2. The van der Waals surface area contributed by atoms with Crippen LogP contribution < -0.4 is 5.32 Å². The number of carbonyl (C=O) groups is 2. The number of hydrogen-bond donors (Lipinski definition) is 1. The van der Waals surface area contributed by atoms with Gasteiger partial charge in [-0.15, -0.1) is 11.3 Å². The molecule has 1 amide bonds. The lowest BCUT2D eigenvalue weighted by Crippen LogP contribution is -2.43. The predicted octanol–water partition coefficient (Wildman–Crippen LogP) is 4.19. The van der Waals surface area contributed by atoms with Crippen LogP contribution in [0.25, 0.3) is 0 Å². The molecule has 1 saturated heterocycles. The van der Waals surface area contributed by atoms with Gasteiger partial charge in [0.15, 0.2) is 0 Å². The molecule has 2 aromatic carbocycles. The van der Waals surface area contributed by atoms with Gasteiger partial charge in [-0.3, -0.25) is 9.69 Å². The molecule has 3 heterocycles. The summed E-state index contributed by atoms with van der Waals surface area (Å²) in [4.78, 5) is 29.8. The summed E-state index contributed by atoms with van der Waals surface area (Å²) in [5.74, 6) is -0.923. The molecule has 1 unspecified atom stereocenters. The molecule has 0 bridgehead atoms. The first-order chi connectivity index (χ1) is 18.3. The normalized spacial score (nSPS) is 18.2. The molecule has 0 aliphatic carbocycles. The minimum Gasteiger partial charge on any atom is -0.465 e. The molecule has 10 heteroatoms. The van der Waals surface area contributed by atoms with Crippen LogP contribution in [-0.2, 0) is 39.1 Å². The molecular weight excluding hydrogens is 522 g/mol. The van der Waals surface area contributed by atoms with Gasteiger partial charge < -0.3 is 10.1 Å². The van der Waals surface area contributed by atoms with Crippen molar-refractivity contribution in [1.29, 1.82) is 0 Å². The molecule has 0 saturated carbocycles. The fourth-order valence-electron chi connectivity index (χ4n) is 5.17. The van der Waals surface area contributed by atoms with Crippen molar-refractivity contribution < 1.29 is 22.7 Å². The van der Waals surface area contributed by atoms with Gasteiger partial charge in [-0.05, 0) is 49.4 Å². The van der Waals surface area contributed by atoms with Crippen LogP contribution in [0.2, 0.25) is 0 Å². The predicted molar refractivity (Wildman–Crippen MR) is 147 cm³/mol. The Morgan fingerprint density at radius 3 is 2.53 bits per heavy atom. The van der Waals surface area contributed by atoms with E-state index < -0.39 is 27.9 Å². The summed E-state index contributed by atoms with van der Waals surface area (Å²) in [6.07, 6.45) is 1.67. The molecule has 5 rings (SSSR count). The number of benzene rings is 2. The van der Waals surface area contributed by atoms with Crippen LogP contribution in [0.4, 0.5) is 5.00 Å². The molecule has 8 nitrogen and oxygen atoms in total. The smallest absolute Gasteiger partial charge is 0.341 e. The number of aryl methyl sites for hydroxylation is 1. The van der Waals surface area contributed by atoms with Gasteiger partial charge >= 0.3 is 5.97 Å². The molecule has 200 valence electrons. The molecule has 1 N–H and O–H groups in total. The minimum atomic E-state index is -3.83. The molecule has 2 aliphatic heterocycles. The van der Waals surface area contributed by atoms with Crippen LogP contribution in [0.1, 0.15) is 44.8 Å². The molecule has 3 aromatic rings. The quantitative estimate of drug-likeness (QED) is 0.441. The van der Waals surface area contributed by atoms with Crippen molar-refractivity contribution in [2.24, 2.45) is 0 Å². The molecule has 1 fully saturated rings. The number of amides is 1. The van der Waals surface area contributed by atoms with Crippen molar-refractivity contribution in [3.05, 3.63) is 81.7 Å². The first kappa shape index (κ1) is 26.6. The van der Waals surface area contributed by atoms with Crippen molar-refractivity contribution in [3.8, 4) is 0 Å². The average molecular weight is 554 g/mol. The van der Waals surface area contributed by atoms with E-state index in [1.54, 1.807) is 24.3 Å². The number of esters is 1. The molecule has 38 heavy (non-hydrogen) atoms. The van der Waals surface area contributed by atoms with Crippen molar-refractivity contribution >= 4 is 38.2 Å². The van der Waals surface area contributed by atoms with Gasteiger partial charge in [0.25, 0.3) is 0 Å². The summed E-state index contributed by atoms with van der Waals surface area (Å²) in [7, 11) is -2.51. The highest BCUT2D eigenvalue weighted by Crippen LogP contribution is 2.38. The van der Waals surface area contributed by atoms with Gasteiger partial charge in [0.2, 0.25) is 15.9 Å². The Balaban J connectivity index is 1.37. The summed E-state index contributed by atoms with van der Waals surface area (Å²) in [6, 6.07) is 16.0. The fourth-order valence-corrected chi connectivity index (χ4v) is 8.11. The maximum absolute atomic E-state index is 13.5. The van der Waals surface area contributed by atoms with E-state index >= 15 is 0 Å². The third kappa shape index (κ3) is 5.26. The second-order valence-electron chi connectivity index (χ2n) is 9.72. The second-order valence-corrected chi connectivity index (χ2v) is 12.7. The highest BCUT2D eigenvalue weighted by atomic mass is 32.2. The molecule has 2 aliphatic rings. The standard InChI is InChI=1S/C28H31N3O5S2/c1-19-10-12-21(13-11-19)38(34,35)31-15-6-9-23(31)26(32)29-27-25(28(33)36-2)22-14-16-30(18-24(22)37-27)17-20-7-4-3-5-8-20/h3-5,7-8,10-13,23H,6,9,14-18H2,1-2H3,(H,29,32). The number of anilines is 1. The number of fused-ring (bicyclic) bond motifs is 1. The van der Waals surface area contributed by atoms with Crippen LogP contribution in [0.15, 0.2) is 59.5 Å². The van der Waals surface area contributed by atoms with Crippen molar-refractivity contribution in [3.63, 3.8) is 0 Å². The zero-order valence-electron chi connectivity index (χ0n) is 21.5. The third-order valence-corrected chi connectivity index (χ3v) is 10.2. The number of carbonyl (C=O) groups excluding carboxylic acids is 2. The van der Waals surface area contributed by atoms with Gasteiger partial charge in [-0.1, -0.05) is 48.0 Å². The van der Waals surface area contributed by atoms with E-state index in [1.807, 2.05) is 25.1 Å². The minimum absolute atomic E-state index is 0.170. The van der Waals surface area contributed by atoms with Crippen molar-refractivity contribution in [2.45, 2.75) is 50.2 Å². The monoisotopic (exact) mass is 553 g/mol. The summed E-state index contributed by atoms with van der Waals surface area (Å²) >= 11 is 1.37. The number of rotatable bonds is 7. The topological polar surface area (TPSA) is 96.0 Å². The first-order valence-corrected chi connectivity index (χ1v) is 14.9. The highest BCUT2D eigenvalue weighted by Gasteiger charge is 2.40. The highest BCUT2D eigenvalue weighted by molar-refractivity contribution is 7.89. The molecule has 0 spiro atoms.